The number of ether oxygens (including phenoxy) is 1. The molecule has 2 rings (SSSR count). The van der Waals surface area contributed by atoms with E-state index in [1.807, 2.05) is 0 Å². The summed E-state index contributed by atoms with van der Waals surface area (Å²) in [7, 11) is 0. The fraction of sp³-hybridized carbons (Fsp3) is 0.118. The van der Waals surface area contributed by atoms with Gasteiger partial charge in [-0.25, -0.2) is 9.18 Å². The van der Waals surface area contributed by atoms with Gasteiger partial charge in [0.15, 0.2) is 6.10 Å². The summed E-state index contributed by atoms with van der Waals surface area (Å²) in [5.74, 6) is -2.33. The molecule has 0 bridgehead atoms. The Morgan fingerprint density at radius 3 is 2.08 bits per heavy atom. The van der Waals surface area contributed by atoms with Gasteiger partial charge in [-0.15, -0.1) is 0 Å². The maximum absolute atomic E-state index is 12.8. The quantitative estimate of drug-likeness (QED) is 0.820. The molecule has 0 saturated heterocycles. The average molecular weight is 330 g/mol. The van der Waals surface area contributed by atoms with Crippen LogP contribution in [0, 0.1) is 5.82 Å². The second kappa shape index (κ2) is 7.36. The molecule has 0 aliphatic heterocycles. The molecule has 0 radical (unpaired) electrons. The molecule has 0 aliphatic rings. The molecule has 1 atom stereocenters. The smallest absolute Gasteiger partial charge is 0.338 e. The highest BCUT2D eigenvalue weighted by Gasteiger charge is 2.19. The lowest BCUT2D eigenvalue weighted by Gasteiger charge is -2.13. The Morgan fingerprint density at radius 2 is 1.54 bits per heavy atom. The minimum Gasteiger partial charge on any atom is -0.449 e. The zero-order chi connectivity index (χ0) is 17.7. The zero-order valence-electron chi connectivity index (χ0n) is 12.8. The van der Waals surface area contributed by atoms with Crippen molar-refractivity contribution < 1.29 is 23.5 Å². The standard InChI is InChI=1S/C17H15FN2O4/c1-10(24-17(23)12-2-6-13(18)7-3-12)16(22)20-14-8-4-11(5-9-14)15(19)21/h2-10H,1H3,(H2,19,21)(H,20,22)/t10-/m1/s1. The van der Waals surface area contributed by atoms with E-state index in [0.717, 1.165) is 12.1 Å². The number of primary amides is 1. The number of rotatable bonds is 5. The third kappa shape index (κ3) is 4.39. The average Bonchev–Trinajstić information content (AvgIpc) is 2.55. The molecule has 0 unspecified atom stereocenters. The van der Waals surface area contributed by atoms with Gasteiger partial charge in [-0.3, -0.25) is 9.59 Å². The fourth-order valence-electron chi connectivity index (χ4n) is 1.83. The van der Waals surface area contributed by atoms with Crippen molar-refractivity contribution in [3.63, 3.8) is 0 Å². The molecule has 7 heteroatoms. The van der Waals surface area contributed by atoms with Gasteiger partial charge in [0.05, 0.1) is 5.56 Å². The van der Waals surface area contributed by atoms with Crippen molar-refractivity contribution in [3.05, 3.63) is 65.5 Å². The first-order valence-corrected chi connectivity index (χ1v) is 7.04. The molecule has 124 valence electrons. The number of carbonyl (C=O) groups is 3. The van der Waals surface area contributed by atoms with Crippen LogP contribution < -0.4 is 11.1 Å². The van der Waals surface area contributed by atoms with Crippen LogP contribution in [0.1, 0.15) is 27.6 Å². The van der Waals surface area contributed by atoms with E-state index >= 15 is 0 Å². The number of hydrogen-bond donors (Lipinski definition) is 2. The van der Waals surface area contributed by atoms with Gasteiger partial charge in [0.25, 0.3) is 5.91 Å². The van der Waals surface area contributed by atoms with Gasteiger partial charge >= 0.3 is 5.97 Å². The molecule has 0 spiro atoms. The first kappa shape index (κ1) is 17.1. The summed E-state index contributed by atoms with van der Waals surface area (Å²) < 4.78 is 17.8. The van der Waals surface area contributed by atoms with Crippen LogP contribution in [0.5, 0.6) is 0 Å². The highest BCUT2D eigenvalue weighted by Crippen LogP contribution is 2.11. The normalized spacial score (nSPS) is 11.4. The minimum absolute atomic E-state index is 0.141. The van der Waals surface area contributed by atoms with E-state index in [1.54, 1.807) is 0 Å². The van der Waals surface area contributed by atoms with Crippen molar-refractivity contribution in [2.24, 2.45) is 5.73 Å². The Hall–Kier alpha value is -3.22. The third-order valence-electron chi connectivity index (χ3n) is 3.17. The summed E-state index contributed by atoms with van der Waals surface area (Å²) in [6.45, 7) is 1.41. The topological polar surface area (TPSA) is 98.5 Å². The molecule has 2 aromatic rings. The summed E-state index contributed by atoms with van der Waals surface area (Å²) >= 11 is 0. The molecule has 2 amide bonds. The lowest BCUT2D eigenvalue weighted by atomic mass is 10.2. The summed E-state index contributed by atoms with van der Waals surface area (Å²) in [6.07, 6.45) is -1.06. The molecule has 24 heavy (non-hydrogen) atoms. The van der Waals surface area contributed by atoms with E-state index in [1.165, 1.54) is 43.3 Å². The summed E-state index contributed by atoms with van der Waals surface area (Å²) in [5, 5.41) is 2.55. The van der Waals surface area contributed by atoms with Gasteiger partial charge < -0.3 is 15.8 Å². The monoisotopic (exact) mass is 330 g/mol. The number of hydrogen-bond acceptors (Lipinski definition) is 4. The first-order chi connectivity index (χ1) is 11.4. The summed E-state index contributed by atoms with van der Waals surface area (Å²) in [5.41, 5.74) is 6.00. The predicted molar refractivity (Wildman–Crippen MR) is 84.9 cm³/mol. The molecule has 0 aromatic heterocycles. The fourth-order valence-corrected chi connectivity index (χ4v) is 1.83. The van der Waals surface area contributed by atoms with Crippen molar-refractivity contribution >= 4 is 23.5 Å². The second-order valence-corrected chi connectivity index (χ2v) is 4.99. The highest BCUT2D eigenvalue weighted by atomic mass is 19.1. The van der Waals surface area contributed by atoms with Crippen molar-refractivity contribution in [2.75, 3.05) is 5.32 Å². The largest absolute Gasteiger partial charge is 0.449 e. The number of anilines is 1. The Balaban J connectivity index is 1.95. The maximum Gasteiger partial charge on any atom is 0.338 e. The van der Waals surface area contributed by atoms with Crippen LogP contribution in [0.3, 0.4) is 0 Å². The van der Waals surface area contributed by atoms with Gasteiger partial charge in [0.2, 0.25) is 5.91 Å². The molecule has 0 heterocycles. The van der Waals surface area contributed by atoms with Gasteiger partial charge in [0, 0.05) is 11.3 Å². The molecule has 0 fully saturated rings. The molecule has 0 saturated carbocycles. The Kier molecular flexibility index (Phi) is 5.26. The maximum atomic E-state index is 12.8. The number of carbonyl (C=O) groups excluding carboxylic acids is 3. The van der Waals surface area contributed by atoms with Gasteiger partial charge in [-0.2, -0.15) is 0 Å². The number of halogens is 1. The number of esters is 1. The summed E-state index contributed by atoms with van der Waals surface area (Å²) in [4.78, 5) is 34.9. The van der Waals surface area contributed by atoms with E-state index in [4.69, 9.17) is 10.5 Å². The van der Waals surface area contributed by atoms with E-state index in [-0.39, 0.29) is 5.56 Å². The van der Waals surface area contributed by atoms with Crippen molar-refractivity contribution in [2.45, 2.75) is 13.0 Å². The number of amides is 2. The molecule has 2 aromatic carbocycles. The third-order valence-corrected chi connectivity index (χ3v) is 3.17. The van der Waals surface area contributed by atoms with Crippen LogP contribution >= 0.6 is 0 Å². The van der Waals surface area contributed by atoms with E-state index in [9.17, 15) is 18.8 Å². The highest BCUT2D eigenvalue weighted by molar-refractivity contribution is 5.98. The van der Waals surface area contributed by atoms with Gasteiger partial charge in [0.1, 0.15) is 5.82 Å². The Labute approximate surface area is 137 Å². The lowest BCUT2D eigenvalue weighted by molar-refractivity contribution is -0.123. The minimum atomic E-state index is -1.06. The van der Waals surface area contributed by atoms with Crippen LogP contribution in [0.25, 0.3) is 0 Å². The Morgan fingerprint density at radius 1 is 1.00 bits per heavy atom. The predicted octanol–water partition coefficient (Wildman–Crippen LogP) is 2.11. The van der Waals surface area contributed by atoms with Crippen molar-refractivity contribution in [1.29, 1.82) is 0 Å². The number of benzene rings is 2. The number of nitrogens with one attached hydrogen (secondary N) is 1. The van der Waals surface area contributed by atoms with Crippen molar-refractivity contribution in [3.8, 4) is 0 Å². The van der Waals surface area contributed by atoms with Gasteiger partial charge in [-0.1, -0.05) is 0 Å². The van der Waals surface area contributed by atoms with E-state index in [0.29, 0.717) is 11.3 Å². The lowest BCUT2D eigenvalue weighted by Crippen LogP contribution is -2.30. The van der Waals surface area contributed by atoms with Crippen LogP contribution in [-0.4, -0.2) is 23.9 Å². The molecular formula is C17H15FN2O4. The van der Waals surface area contributed by atoms with Crippen LogP contribution in [0.2, 0.25) is 0 Å². The Bertz CT molecular complexity index is 757. The van der Waals surface area contributed by atoms with E-state index < -0.39 is 29.7 Å². The number of nitrogens with two attached hydrogens (primary N) is 1. The van der Waals surface area contributed by atoms with E-state index in [2.05, 4.69) is 5.32 Å². The second-order valence-electron chi connectivity index (χ2n) is 4.99. The zero-order valence-corrected chi connectivity index (χ0v) is 12.8. The van der Waals surface area contributed by atoms with Crippen molar-refractivity contribution in [1.82, 2.24) is 0 Å². The van der Waals surface area contributed by atoms with Crippen LogP contribution in [0.15, 0.2) is 48.5 Å². The molecule has 6 nitrogen and oxygen atoms in total. The first-order valence-electron chi connectivity index (χ1n) is 7.04. The SMILES string of the molecule is C[C@@H](OC(=O)c1ccc(F)cc1)C(=O)Nc1ccc(C(N)=O)cc1. The molecular weight excluding hydrogens is 315 g/mol. The molecule has 0 aliphatic carbocycles. The van der Waals surface area contributed by atoms with Crippen LogP contribution in [0.4, 0.5) is 10.1 Å². The molecule has 3 N–H and O–H groups in total. The summed E-state index contributed by atoms with van der Waals surface area (Å²) in [6, 6.07) is 10.7. The van der Waals surface area contributed by atoms with Gasteiger partial charge in [-0.05, 0) is 55.5 Å². The van der Waals surface area contributed by atoms with Crippen LogP contribution in [-0.2, 0) is 9.53 Å².